The predicted octanol–water partition coefficient (Wildman–Crippen LogP) is 1.69. The van der Waals surface area contributed by atoms with Crippen LogP contribution in [0.4, 0.5) is 4.79 Å². The number of likely N-dealkylation sites (tertiary alicyclic amines) is 1. The van der Waals surface area contributed by atoms with Gasteiger partial charge < -0.3 is 20.1 Å². The molecule has 7 nitrogen and oxygen atoms in total. The largest absolute Gasteiger partial charge is 0.337 e. The molecular weight excluding hydrogens is 390 g/mol. The van der Waals surface area contributed by atoms with Crippen molar-refractivity contribution in [2.75, 3.05) is 39.3 Å². The maximum absolute atomic E-state index is 12.3. The van der Waals surface area contributed by atoms with Gasteiger partial charge in [-0.05, 0) is 63.5 Å². The Bertz CT molecular complexity index is 868. The van der Waals surface area contributed by atoms with Crippen LogP contribution in [0.1, 0.15) is 44.7 Å². The summed E-state index contributed by atoms with van der Waals surface area (Å²) in [6, 6.07) is 6.39. The highest BCUT2D eigenvalue weighted by molar-refractivity contribution is 5.74. The van der Waals surface area contributed by atoms with E-state index in [1.807, 2.05) is 24.5 Å². The van der Waals surface area contributed by atoms with E-state index < -0.39 is 0 Å². The zero-order valence-electron chi connectivity index (χ0n) is 18.9. The minimum absolute atomic E-state index is 0.0477. The number of hydrogen-bond acceptors (Lipinski definition) is 4. The van der Waals surface area contributed by atoms with Gasteiger partial charge in [0.25, 0.3) is 5.56 Å². The van der Waals surface area contributed by atoms with Crippen LogP contribution < -0.4 is 16.2 Å². The second-order valence-electron chi connectivity index (χ2n) is 10.6. The molecule has 4 fully saturated rings. The number of rotatable bonds is 5. The molecule has 6 heterocycles. The van der Waals surface area contributed by atoms with Gasteiger partial charge in [-0.25, -0.2) is 4.79 Å². The van der Waals surface area contributed by atoms with Crippen LogP contribution in [-0.4, -0.2) is 71.8 Å². The van der Waals surface area contributed by atoms with Gasteiger partial charge in [0.2, 0.25) is 0 Å². The number of hydrogen-bond donors (Lipinski definition) is 2. The summed E-state index contributed by atoms with van der Waals surface area (Å²) in [4.78, 5) is 29.5. The quantitative estimate of drug-likeness (QED) is 0.750. The summed E-state index contributed by atoms with van der Waals surface area (Å²) < 4.78 is 2.03. The van der Waals surface area contributed by atoms with E-state index in [-0.39, 0.29) is 17.6 Å². The van der Waals surface area contributed by atoms with Crippen molar-refractivity contribution in [1.29, 1.82) is 0 Å². The Hall–Kier alpha value is -1.86. The van der Waals surface area contributed by atoms with Gasteiger partial charge in [0.15, 0.2) is 0 Å². The average Bonchev–Trinajstić information content (AvgIpc) is 2.73. The lowest BCUT2D eigenvalue weighted by atomic mass is 9.74. The lowest BCUT2D eigenvalue weighted by Gasteiger charge is -2.52. The van der Waals surface area contributed by atoms with Crippen LogP contribution in [0.3, 0.4) is 0 Å². The SMILES string of the molecule is CC(C)NC(=O)NCC1CC2CCN1CC2CN1CC2CC(C1)c1cccc(=O)n1C2. The topological polar surface area (TPSA) is 69.6 Å². The summed E-state index contributed by atoms with van der Waals surface area (Å²) in [7, 11) is 0. The third-order valence-electron chi connectivity index (χ3n) is 7.98. The van der Waals surface area contributed by atoms with Crippen LogP contribution in [0.15, 0.2) is 23.0 Å². The van der Waals surface area contributed by atoms with Gasteiger partial charge in [-0.3, -0.25) is 9.69 Å². The number of carbonyl (C=O) groups is 1. The molecule has 4 bridgehead atoms. The molecule has 5 aliphatic rings. The molecule has 31 heavy (non-hydrogen) atoms. The minimum atomic E-state index is -0.0477. The number of urea groups is 1. The number of carbonyl (C=O) groups excluding carboxylic acids is 1. The average molecular weight is 428 g/mol. The van der Waals surface area contributed by atoms with Gasteiger partial charge in [-0.1, -0.05) is 6.07 Å². The highest BCUT2D eigenvalue weighted by Gasteiger charge is 2.42. The van der Waals surface area contributed by atoms with Gasteiger partial charge in [0.1, 0.15) is 0 Å². The number of fused-ring (bicyclic) bond motifs is 7. The second kappa shape index (κ2) is 8.58. The molecule has 0 aliphatic carbocycles. The maximum Gasteiger partial charge on any atom is 0.315 e. The van der Waals surface area contributed by atoms with E-state index in [0.717, 1.165) is 44.6 Å². The third kappa shape index (κ3) is 4.40. The molecule has 0 spiro atoms. The monoisotopic (exact) mass is 427 g/mol. The fourth-order valence-corrected chi connectivity index (χ4v) is 6.67. The molecule has 5 aliphatic heterocycles. The second-order valence-corrected chi connectivity index (χ2v) is 10.6. The first-order valence-electron chi connectivity index (χ1n) is 12.2. The number of piperidine rings is 4. The van der Waals surface area contributed by atoms with Crippen molar-refractivity contribution in [3.8, 4) is 0 Å². The molecule has 0 aromatic carbocycles. The molecule has 4 saturated heterocycles. The van der Waals surface area contributed by atoms with Crippen LogP contribution in [0, 0.1) is 17.8 Å². The molecule has 6 rings (SSSR count). The van der Waals surface area contributed by atoms with E-state index in [1.165, 1.54) is 38.0 Å². The third-order valence-corrected chi connectivity index (χ3v) is 7.98. The molecule has 0 radical (unpaired) electrons. The van der Waals surface area contributed by atoms with Gasteiger partial charge in [-0.2, -0.15) is 0 Å². The summed E-state index contributed by atoms with van der Waals surface area (Å²) in [5.41, 5.74) is 1.41. The minimum Gasteiger partial charge on any atom is -0.337 e. The van der Waals surface area contributed by atoms with E-state index in [1.54, 1.807) is 6.07 Å². The molecule has 170 valence electrons. The first-order chi connectivity index (χ1) is 15.0. The van der Waals surface area contributed by atoms with Crippen LogP contribution >= 0.6 is 0 Å². The normalized spacial score (nSPS) is 34.4. The number of aromatic nitrogens is 1. The fraction of sp³-hybridized carbons (Fsp3) is 0.750. The molecule has 0 saturated carbocycles. The summed E-state index contributed by atoms with van der Waals surface area (Å²) >= 11 is 0. The standard InChI is InChI=1S/C24H37N5O2/c1-16(2)26-24(31)25-10-21-9-18-6-7-28(21)15-20(18)14-27-11-17-8-19(13-27)22-4-3-5-23(30)29(22)12-17/h3-5,16-21H,6-15H2,1-2H3,(H2,25,26,31). The molecule has 7 heteroatoms. The van der Waals surface area contributed by atoms with Gasteiger partial charge in [0, 0.05) is 69.0 Å². The summed E-state index contributed by atoms with van der Waals surface area (Å²) in [5.74, 6) is 2.59. The van der Waals surface area contributed by atoms with E-state index in [2.05, 4.69) is 26.5 Å². The number of nitrogens with one attached hydrogen (secondary N) is 2. The Morgan fingerprint density at radius 1 is 1.16 bits per heavy atom. The van der Waals surface area contributed by atoms with E-state index >= 15 is 0 Å². The van der Waals surface area contributed by atoms with Gasteiger partial charge in [0.05, 0.1) is 0 Å². The molecular formula is C24H37N5O2. The van der Waals surface area contributed by atoms with Crippen molar-refractivity contribution >= 4 is 6.03 Å². The van der Waals surface area contributed by atoms with Crippen molar-refractivity contribution in [2.24, 2.45) is 17.8 Å². The zero-order chi connectivity index (χ0) is 21.5. The van der Waals surface area contributed by atoms with Crippen molar-refractivity contribution in [1.82, 2.24) is 25.0 Å². The van der Waals surface area contributed by atoms with Crippen molar-refractivity contribution in [3.05, 3.63) is 34.2 Å². The molecule has 2 amide bonds. The lowest BCUT2D eigenvalue weighted by Crippen LogP contribution is -2.59. The Balaban J connectivity index is 1.17. The van der Waals surface area contributed by atoms with Crippen molar-refractivity contribution < 1.29 is 4.79 Å². The number of pyridine rings is 1. The Morgan fingerprint density at radius 2 is 2.03 bits per heavy atom. The van der Waals surface area contributed by atoms with Crippen LogP contribution in [0.5, 0.6) is 0 Å². The Morgan fingerprint density at radius 3 is 2.81 bits per heavy atom. The van der Waals surface area contributed by atoms with Crippen molar-refractivity contribution in [3.63, 3.8) is 0 Å². The first kappa shape index (κ1) is 21.0. The highest BCUT2D eigenvalue weighted by Crippen LogP contribution is 2.39. The molecule has 1 aromatic rings. The van der Waals surface area contributed by atoms with E-state index in [4.69, 9.17) is 0 Å². The first-order valence-corrected chi connectivity index (χ1v) is 12.2. The van der Waals surface area contributed by atoms with E-state index in [9.17, 15) is 9.59 Å². The molecule has 1 aromatic heterocycles. The summed E-state index contributed by atoms with van der Waals surface area (Å²) in [6.45, 7) is 11.3. The molecule has 2 N–H and O–H groups in total. The fourth-order valence-electron chi connectivity index (χ4n) is 6.67. The molecule has 6 unspecified atom stereocenters. The maximum atomic E-state index is 12.3. The van der Waals surface area contributed by atoms with Crippen LogP contribution in [-0.2, 0) is 6.54 Å². The number of nitrogens with zero attached hydrogens (tertiary/aromatic N) is 3. The van der Waals surface area contributed by atoms with Gasteiger partial charge in [-0.15, -0.1) is 0 Å². The number of amides is 2. The zero-order valence-corrected chi connectivity index (χ0v) is 18.9. The van der Waals surface area contributed by atoms with Crippen molar-refractivity contribution in [2.45, 2.75) is 57.7 Å². The van der Waals surface area contributed by atoms with Gasteiger partial charge >= 0.3 is 6.03 Å². The summed E-state index contributed by atoms with van der Waals surface area (Å²) in [6.07, 6.45) is 3.72. The Kier molecular flexibility index (Phi) is 5.82. The Labute approximate surface area is 185 Å². The van der Waals surface area contributed by atoms with Crippen LogP contribution in [0.25, 0.3) is 0 Å². The lowest BCUT2D eigenvalue weighted by molar-refractivity contribution is -0.0194. The summed E-state index contributed by atoms with van der Waals surface area (Å²) in [5, 5.41) is 6.00. The predicted molar refractivity (Wildman–Crippen MR) is 121 cm³/mol. The van der Waals surface area contributed by atoms with E-state index in [0.29, 0.717) is 17.9 Å². The highest BCUT2D eigenvalue weighted by atomic mass is 16.2. The van der Waals surface area contributed by atoms with Crippen LogP contribution in [0.2, 0.25) is 0 Å². The smallest absolute Gasteiger partial charge is 0.315 e. The molecule has 6 atom stereocenters.